The molecule has 6 atom stereocenters. The smallest absolute Gasteiger partial charge is 0.230 e. The Morgan fingerprint density at radius 1 is 1.05 bits per heavy atom. The maximum absolute atomic E-state index is 14.4. The van der Waals surface area contributed by atoms with Gasteiger partial charge >= 0.3 is 0 Å². The van der Waals surface area contributed by atoms with Gasteiger partial charge in [0.1, 0.15) is 5.78 Å². The lowest BCUT2D eigenvalue weighted by molar-refractivity contribution is -0.173. The van der Waals surface area contributed by atoms with Gasteiger partial charge in [-0.1, -0.05) is 46.3 Å². The van der Waals surface area contributed by atoms with Crippen molar-refractivity contribution in [2.24, 2.45) is 38.9 Å². The minimum absolute atomic E-state index is 0.0740. The molecular weight excluding hydrogens is 458 g/mol. The van der Waals surface area contributed by atoms with Crippen LogP contribution >= 0.6 is 0 Å². The topological polar surface area (TPSA) is 55.6 Å². The van der Waals surface area contributed by atoms with E-state index in [1.807, 2.05) is 19.1 Å². The molecule has 0 spiro atoms. The molecular formula is C33H43NO3. The number of hydrogen-bond donors (Lipinski definition) is 0. The number of carbonyl (C=O) groups excluding carboxylic acids is 3. The molecule has 4 heteroatoms. The van der Waals surface area contributed by atoms with Crippen molar-refractivity contribution in [3.05, 3.63) is 46.0 Å². The van der Waals surface area contributed by atoms with Crippen LogP contribution in [0.3, 0.4) is 0 Å². The lowest BCUT2D eigenvalue weighted by Crippen LogP contribution is -2.64. The summed E-state index contributed by atoms with van der Waals surface area (Å²) >= 11 is 0. The molecule has 3 fully saturated rings. The molecule has 198 valence electrons. The Morgan fingerprint density at radius 2 is 1.73 bits per heavy atom. The highest BCUT2D eigenvalue weighted by atomic mass is 16.1. The lowest BCUT2D eigenvalue weighted by atomic mass is 9.35. The van der Waals surface area contributed by atoms with Crippen LogP contribution in [0.5, 0.6) is 0 Å². The van der Waals surface area contributed by atoms with Crippen LogP contribution in [0.15, 0.2) is 34.6 Å². The molecule has 0 aliphatic heterocycles. The second kappa shape index (κ2) is 8.11. The molecule has 5 aliphatic rings. The highest BCUT2D eigenvalue weighted by Crippen LogP contribution is 2.73. The molecule has 5 rings (SSSR count). The highest BCUT2D eigenvalue weighted by Gasteiger charge is 2.69. The third kappa shape index (κ3) is 3.28. The van der Waals surface area contributed by atoms with E-state index in [-0.39, 0.29) is 50.8 Å². The second-order valence-corrected chi connectivity index (χ2v) is 14.3. The van der Waals surface area contributed by atoms with E-state index in [4.69, 9.17) is 6.57 Å². The van der Waals surface area contributed by atoms with E-state index in [2.05, 4.69) is 46.4 Å². The quantitative estimate of drug-likeness (QED) is 0.374. The van der Waals surface area contributed by atoms with Gasteiger partial charge in [-0.05, 0) is 105 Å². The first-order valence-electron chi connectivity index (χ1n) is 14.4. The van der Waals surface area contributed by atoms with E-state index >= 15 is 0 Å². The average molecular weight is 502 g/mol. The first-order chi connectivity index (χ1) is 17.2. The largest absolute Gasteiger partial charge is 0.303 e. The predicted octanol–water partition coefficient (Wildman–Crippen LogP) is 7.60. The normalized spacial score (nSPS) is 42.4. The Bertz CT molecular complexity index is 1240. The fourth-order valence-electron chi connectivity index (χ4n) is 9.69. The molecule has 0 aromatic carbocycles. The lowest BCUT2D eigenvalue weighted by Gasteiger charge is -2.67. The van der Waals surface area contributed by atoms with Crippen LogP contribution in [0.4, 0.5) is 0 Å². The zero-order chi connectivity index (χ0) is 27.2. The molecule has 0 radical (unpaired) electrons. The minimum Gasteiger partial charge on any atom is -0.303 e. The van der Waals surface area contributed by atoms with Gasteiger partial charge in [-0.3, -0.25) is 9.59 Å². The van der Waals surface area contributed by atoms with E-state index in [0.29, 0.717) is 17.8 Å². The molecule has 0 aromatic rings. The third-order valence-corrected chi connectivity index (χ3v) is 12.0. The molecule has 0 saturated heterocycles. The van der Waals surface area contributed by atoms with E-state index in [0.717, 1.165) is 62.5 Å². The molecule has 0 N–H and O–H groups in total. The summed E-state index contributed by atoms with van der Waals surface area (Å²) in [6, 6.07) is 0. The summed E-state index contributed by atoms with van der Waals surface area (Å²) in [5.74, 6) is 0.294. The van der Waals surface area contributed by atoms with Gasteiger partial charge in [0.15, 0.2) is 11.6 Å². The zero-order valence-corrected chi connectivity index (χ0v) is 23.8. The first kappa shape index (κ1) is 26.3. The van der Waals surface area contributed by atoms with Crippen LogP contribution in [0, 0.1) is 45.5 Å². The van der Waals surface area contributed by atoms with Gasteiger partial charge in [0.2, 0.25) is 5.70 Å². The zero-order valence-electron chi connectivity index (χ0n) is 23.8. The second-order valence-electron chi connectivity index (χ2n) is 14.3. The maximum Gasteiger partial charge on any atom is 0.230 e. The van der Waals surface area contributed by atoms with E-state index < -0.39 is 5.41 Å². The molecule has 5 aliphatic carbocycles. The van der Waals surface area contributed by atoms with Crippen LogP contribution < -0.4 is 0 Å². The summed E-state index contributed by atoms with van der Waals surface area (Å²) in [6.45, 7) is 23.0. The summed E-state index contributed by atoms with van der Waals surface area (Å²) in [6.07, 6.45) is 11.5. The summed E-state index contributed by atoms with van der Waals surface area (Å²) in [5, 5.41) is 0. The summed E-state index contributed by atoms with van der Waals surface area (Å²) in [7, 11) is 0. The molecule has 3 saturated carbocycles. The van der Waals surface area contributed by atoms with Crippen molar-refractivity contribution in [1.29, 1.82) is 0 Å². The Kier molecular flexibility index (Phi) is 5.77. The predicted molar refractivity (Wildman–Crippen MR) is 145 cm³/mol. The van der Waals surface area contributed by atoms with Crippen molar-refractivity contribution in [2.75, 3.05) is 0 Å². The van der Waals surface area contributed by atoms with Crippen molar-refractivity contribution in [1.82, 2.24) is 0 Å². The molecule has 0 aromatic heterocycles. The van der Waals surface area contributed by atoms with Gasteiger partial charge < -0.3 is 4.79 Å². The number of nitrogens with zero attached hydrogens (tertiary/aromatic N) is 1. The Morgan fingerprint density at radius 3 is 2.38 bits per heavy atom. The van der Waals surface area contributed by atoms with Crippen LogP contribution in [0.25, 0.3) is 4.85 Å². The van der Waals surface area contributed by atoms with Gasteiger partial charge in [0.05, 0.1) is 6.57 Å². The highest BCUT2D eigenvalue weighted by molar-refractivity contribution is 6.11. The van der Waals surface area contributed by atoms with Gasteiger partial charge in [0, 0.05) is 23.2 Å². The maximum atomic E-state index is 14.4. The van der Waals surface area contributed by atoms with Gasteiger partial charge in [0.25, 0.3) is 0 Å². The SMILES string of the molecule is [C-]#[N+]C1=C[C@]2(C)C3=CC(=O)[C@@H]4[C@@H]5CC(C)(C)CC[C@]5(C(=O)CCC)CC[C@@]4(C)[C@]3(C)CCC2=C(C)C1=O. The van der Waals surface area contributed by atoms with Crippen LogP contribution in [0.1, 0.15) is 106 Å². The third-order valence-electron chi connectivity index (χ3n) is 12.0. The fourth-order valence-corrected chi connectivity index (χ4v) is 9.69. The Balaban J connectivity index is 1.69. The fraction of sp³-hybridized carbons (Fsp3) is 0.697. The van der Waals surface area contributed by atoms with Crippen molar-refractivity contribution < 1.29 is 14.4 Å². The van der Waals surface area contributed by atoms with E-state index in [1.165, 1.54) is 0 Å². The summed E-state index contributed by atoms with van der Waals surface area (Å²) < 4.78 is 0. The van der Waals surface area contributed by atoms with Gasteiger partial charge in [-0.25, -0.2) is 4.85 Å². The summed E-state index contributed by atoms with van der Waals surface area (Å²) in [4.78, 5) is 44.6. The summed E-state index contributed by atoms with van der Waals surface area (Å²) in [5.41, 5.74) is 1.66. The monoisotopic (exact) mass is 501 g/mol. The number of ketones is 3. The van der Waals surface area contributed by atoms with Crippen molar-refractivity contribution in [2.45, 2.75) is 106 Å². The van der Waals surface area contributed by atoms with Crippen molar-refractivity contribution >= 4 is 17.3 Å². The van der Waals surface area contributed by atoms with Gasteiger partial charge in [-0.15, -0.1) is 0 Å². The molecule has 0 unspecified atom stereocenters. The Labute approximate surface area is 222 Å². The number of fused-ring (bicyclic) bond motifs is 7. The average Bonchev–Trinajstić information content (AvgIpc) is 2.82. The molecule has 0 bridgehead atoms. The standard InChI is InChI=1S/C33H43NO3/c1-9-10-26(36)33-15-13-29(3,4)18-22(33)27-24(35)17-25-30(5)19-23(34-8)28(37)20(2)21(30)11-12-31(25,6)32(27,7)14-16-33/h17,19,22,27H,9-16,18H2,1-7H3/t22-,27-,30-,31+,32+,33-/m0/s1. The van der Waals surface area contributed by atoms with Crippen molar-refractivity contribution in [3.8, 4) is 0 Å². The van der Waals surface area contributed by atoms with Crippen LogP contribution in [-0.2, 0) is 14.4 Å². The first-order valence-corrected chi connectivity index (χ1v) is 14.4. The number of hydrogen-bond acceptors (Lipinski definition) is 3. The van der Waals surface area contributed by atoms with Crippen LogP contribution in [0.2, 0.25) is 0 Å². The number of allylic oxidation sites excluding steroid dienone is 5. The van der Waals surface area contributed by atoms with Crippen LogP contribution in [-0.4, -0.2) is 17.3 Å². The molecule has 37 heavy (non-hydrogen) atoms. The minimum atomic E-state index is -0.590. The number of carbonyl (C=O) groups is 3. The van der Waals surface area contributed by atoms with E-state index in [1.54, 1.807) is 0 Å². The molecule has 0 amide bonds. The molecule has 4 nitrogen and oxygen atoms in total. The van der Waals surface area contributed by atoms with Crippen molar-refractivity contribution in [3.63, 3.8) is 0 Å². The molecule has 0 heterocycles. The van der Waals surface area contributed by atoms with Gasteiger partial charge in [-0.2, -0.15) is 0 Å². The number of Topliss-reactive ketones (excluding diaryl/α,β-unsaturated/α-hetero) is 2. The number of rotatable bonds is 3. The van der Waals surface area contributed by atoms with E-state index in [9.17, 15) is 14.4 Å². The Hall–Kier alpha value is -2.28.